The molecule has 0 unspecified atom stereocenters. The molecule has 1 saturated carbocycles. The molecule has 0 spiro atoms. The minimum absolute atomic E-state index is 0.00459. The average molecular weight is 412 g/mol. The van der Waals surface area contributed by atoms with E-state index in [9.17, 15) is 18.8 Å². The van der Waals surface area contributed by atoms with Crippen LogP contribution in [0.3, 0.4) is 0 Å². The highest BCUT2D eigenvalue weighted by Crippen LogP contribution is 2.41. The van der Waals surface area contributed by atoms with Crippen LogP contribution < -0.4 is 21.6 Å². The van der Waals surface area contributed by atoms with Crippen LogP contribution in [0.15, 0.2) is 20.8 Å². The molecule has 148 valence electrons. The number of rotatable bonds is 3. The second-order valence-corrected chi connectivity index (χ2v) is 7.07. The van der Waals surface area contributed by atoms with Gasteiger partial charge in [-0.3, -0.25) is 9.36 Å². The largest absolute Gasteiger partial charge is 0.464 e. The van der Waals surface area contributed by atoms with Gasteiger partial charge in [-0.1, -0.05) is 16.8 Å². The van der Waals surface area contributed by atoms with Gasteiger partial charge >= 0.3 is 11.8 Å². The fraction of sp³-hybridized carbons (Fsp3) is 0.375. The molecule has 12 heteroatoms. The quantitative estimate of drug-likeness (QED) is 0.519. The number of nitrogens with zero attached hydrogens (tertiary/aromatic N) is 4. The van der Waals surface area contributed by atoms with Crippen molar-refractivity contribution >= 4 is 40.0 Å². The van der Waals surface area contributed by atoms with E-state index in [1.807, 2.05) is 0 Å². The molecular weight excluding hydrogens is 397 g/mol. The number of nitrogens with one attached hydrogen (secondary N) is 1. The fourth-order valence-corrected chi connectivity index (χ4v) is 3.88. The zero-order chi connectivity index (χ0) is 20.2. The molecule has 1 aromatic heterocycles. The molecule has 1 amide bonds. The number of fused-ring (bicyclic) bond motifs is 1. The number of hydrogen-bond donors (Lipinski definition) is 3. The lowest BCUT2D eigenvalue weighted by Gasteiger charge is -2.22. The molecule has 1 aromatic carbocycles. The second-order valence-electron chi connectivity index (χ2n) is 6.70. The van der Waals surface area contributed by atoms with E-state index in [0.29, 0.717) is 36.2 Å². The van der Waals surface area contributed by atoms with Gasteiger partial charge in [-0.2, -0.15) is 4.68 Å². The SMILES string of the molecule is O=C(O)Nn1c(=O)c2cc(F)c(N3CC/C(=N/O)C3)c(Cl)c2n(C2CC2)c1=O. The van der Waals surface area contributed by atoms with Gasteiger partial charge in [0, 0.05) is 19.0 Å². The van der Waals surface area contributed by atoms with Gasteiger partial charge in [-0.25, -0.2) is 19.4 Å². The predicted octanol–water partition coefficient (Wildman–Crippen LogP) is 1.55. The van der Waals surface area contributed by atoms with E-state index in [4.69, 9.17) is 21.9 Å². The van der Waals surface area contributed by atoms with Crippen molar-refractivity contribution in [1.29, 1.82) is 0 Å². The van der Waals surface area contributed by atoms with Crippen LogP contribution in [0.2, 0.25) is 5.02 Å². The van der Waals surface area contributed by atoms with Crippen molar-refractivity contribution in [2.24, 2.45) is 5.16 Å². The average Bonchev–Trinajstić information content (AvgIpc) is 3.37. The third kappa shape index (κ3) is 2.78. The lowest BCUT2D eigenvalue weighted by atomic mass is 10.2. The van der Waals surface area contributed by atoms with Gasteiger partial charge in [0.2, 0.25) is 0 Å². The molecule has 0 bridgehead atoms. The van der Waals surface area contributed by atoms with Crippen LogP contribution in [0.5, 0.6) is 0 Å². The van der Waals surface area contributed by atoms with E-state index in [0.717, 1.165) is 6.07 Å². The molecule has 3 N–H and O–H groups in total. The van der Waals surface area contributed by atoms with Gasteiger partial charge in [0.05, 0.1) is 33.9 Å². The Hall–Kier alpha value is -3.08. The summed E-state index contributed by atoms with van der Waals surface area (Å²) in [7, 11) is 0. The number of halogens is 2. The first-order chi connectivity index (χ1) is 13.3. The maximum Gasteiger partial charge on any atom is 0.424 e. The van der Waals surface area contributed by atoms with Crippen LogP contribution in [-0.4, -0.2) is 44.5 Å². The molecule has 2 heterocycles. The Labute approximate surface area is 161 Å². The fourth-order valence-electron chi connectivity index (χ4n) is 3.48. The highest BCUT2D eigenvalue weighted by Gasteiger charge is 2.33. The van der Waals surface area contributed by atoms with Crippen molar-refractivity contribution < 1.29 is 19.5 Å². The molecule has 1 saturated heterocycles. The lowest BCUT2D eigenvalue weighted by Crippen LogP contribution is -2.46. The zero-order valence-electron chi connectivity index (χ0n) is 14.4. The Bertz CT molecular complexity index is 1150. The normalized spacial score (nSPS) is 18.2. The van der Waals surface area contributed by atoms with Gasteiger partial charge in [0.1, 0.15) is 5.82 Å². The van der Waals surface area contributed by atoms with Crippen molar-refractivity contribution in [2.75, 3.05) is 23.4 Å². The van der Waals surface area contributed by atoms with Crippen LogP contribution in [0.4, 0.5) is 14.9 Å². The smallest absolute Gasteiger partial charge is 0.424 e. The van der Waals surface area contributed by atoms with Crippen LogP contribution in [-0.2, 0) is 0 Å². The van der Waals surface area contributed by atoms with Gasteiger partial charge in [-0.05, 0) is 18.9 Å². The monoisotopic (exact) mass is 411 g/mol. The molecule has 10 nitrogen and oxygen atoms in total. The van der Waals surface area contributed by atoms with Crippen LogP contribution >= 0.6 is 11.6 Å². The topological polar surface area (TPSA) is 129 Å². The summed E-state index contributed by atoms with van der Waals surface area (Å²) in [6, 6.07) is 0.687. The Balaban J connectivity index is 2.03. The van der Waals surface area contributed by atoms with Gasteiger partial charge in [0.15, 0.2) is 0 Å². The first kappa shape index (κ1) is 18.3. The second kappa shape index (κ2) is 6.51. The summed E-state index contributed by atoms with van der Waals surface area (Å²) >= 11 is 6.47. The third-order valence-electron chi connectivity index (χ3n) is 4.86. The highest BCUT2D eigenvalue weighted by molar-refractivity contribution is 6.38. The van der Waals surface area contributed by atoms with Crippen molar-refractivity contribution in [1.82, 2.24) is 9.24 Å². The summed E-state index contributed by atoms with van der Waals surface area (Å²) in [5.41, 5.74) is 0.373. The Morgan fingerprint density at radius 3 is 2.64 bits per heavy atom. The van der Waals surface area contributed by atoms with Crippen LogP contribution in [0, 0.1) is 5.82 Å². The maximum atomic E-state index is 14.9. The highest BCUT2D eigenvalue weighted by atomic mass is 35.5. The van der Waals surface area contributed by atoms with E-state index in [2.05, 4.69) is 5.16 Å². The number of anilines is 1. The number of amides is 1. The Morgan fingerprint density at radius 1 is 1.36 bits per heavy atom. The molecule has 0 atom stereocenters. The Kier molecular flexibility index (Phi) is 4.26. The summed E-state index contributed by atoms with van der Waals surface area (Å²) in [4.78, 5) is 38.0. The minimum Gasteiger partial charge on any atom is -0.464 e. The molecule has 2 aromatic rings. The zero-order valence-corrected chi connectivity index (χ0v) is 15.1. The number of oxime groups is 1. The van der Waals surface area contributed by atoms with E-state index in [1.165, 1.54) is 4.57 Å². The first-order valence-electron chi connectivity index (χ1n) is 8.47. The van der Waals surface area contributed by atoms with Gasteiger partial charge in [0.25, 0.3) is 5.56 Å². The predicted molar refractivity (Wildman–Crippen MR) is 99.1 cm³/mol. The molecule has 2 fully saturated rings. The summed E-state index contributed by atoms with van der Waals surface area (Å²) in [6.07, 6.45) is 0.115. The number of carbonyl (C=O) groups is 1. The van der Waals surface area contributed by atoms with Crippen LogP contribution in [0.1, 0.15) is 25.3 Å². The van der Waals surface area contributed by atoms with Crippen LogP contribution in [0.25, 0.3) is 10.9 Å². The Morgan fingerprint density at radius 2 is 2.07 bits per heavy atom. The third-order valence-corrected chi connectivity index (χ3v) is 5.22. The molecule has 1 aliphatic heterocycles. The molecule has 4 rings (SSSR count). The van der Waals surface area contributed by atoms with E-state index in [-0.39, 0.29) is 34.2 Å². The maximum absolute atomic E-state index is 14.9. The molecule has 2 aliphatic rings. The van der Waals surface area contributed by atoms with E-state index in [1.54, 1.807) is 10.3 Å². The first-order valence-corrected chi connectivity index (χ1v) is 8.85. The molecule has 1 aliphatic carbocycles. The summed E-state index contributed by atoms with van der Waals surface area (Å²) < 4.78 is 16.5. The standard InChI is InChI=1S/C16H15ClFN5O5/c17-11-12-9(5-10(18)13(11)21-4-3-7(6-21)20-28)14(24)23(19-15(25)26)16(27)22(12)8-1-2-8/h5,8,19,28H,1-4,6H2,(H,25,26)/b20-7-. The summed E-state index contributed by atoms with van der Waals surface area (Å²) in [6.45, 7) is 0.511. The number of aromatic nitrogens is 2. The van der Waals surface area contributed by atoms with E-state index >= 15 is 0 Å². The van der Waals surface area contributed by atoms with Gasteiger partial charge in [-0.15, -0.1) is 0 Å². The number of hydrogen-bond acceptors (Lipinski definition) is 6. The number of carboxylic acid groups (broad SMARTS) is 1. The molecular formula is C16H15ClFN5O5. The number of benzene rings is 1. The van der Waals surface area contributed by atoms with Crippen molar-refractivity contribution in [3.8, 4) is 0 Å². The molecule has 28 heavy (non-hydrogen) atoms. The van der Waals surface area contributed by atoms with Crippen molar-refractivity contribution in [2.45, 2.75) is 25.3 Å². The summed E-state index contributed by atoms with van der Waals surface area (Å²) in [5.74, 6) is -0.795. The van der Waals surface area contributed by atoms with Crippen molar-refractivity contribution in [3.05, 3.63) is 37.7 Å². The van der Waals surface area contributed by atoms with E-state index < -0.39 is 23.2 Å². The lowest BCUT2D eigenvalue weighted by molar-refractivity contribution is 0.205. The molecule has 0 radical (unpaired) electrons. The minimum atomic E-state index is -1.60. The van der Waals surface area contributed by atoms with Gasteiger partial charge < -0.3 is 15.2 Å². The van der Waals surface area contributed by atoms with Crippen molar-refractivity contribution in [3.63, 3.8) is 0 Å². The summed E-state index contributed by atoms with van der Waals surface area (Å²) in [5, 5.41) is 20.7.